The van der Waals surface area contributed by atoms with E-state index in [1.54, 1.807) is 6.20 Å². The van der Waals surface area contributed by atoms with Gasteiger partial charge in [0.15, 0.2) is 6.61 Å². The van der Waals surface area contributed by atoms with Gasteiger partial charge in [-0.05, 0) is 53.8 Å². The van der Waals surface area contributed by atoms with Gasteiger partial charge in [-0.25, -0.2) is 0 Å². The van der Waals surface area contributed by atoms with Crippen molar-refractivity contribution in [2.45, 2.75) is 18.6 Å². The smallest absolute Gasteiger partial charge is 0.286 e. The summed E-state index contributed by atoms with van der Waals surface area (Å²) >= 11 is 1.03. The van der Waals surface area contributed by atoms with Crippen LogP contribution in [0.25, 0.3) is 11.1 Å². The third-order valence-electron chi connectivity index (χ3n) is 5.05. The Bertz CT molecular complexity index is 1130. The van der Waals surface area contributed by atoms with Gasteiger partial charge in [-0.3, -0.25) is 19.9 Å². The molecule has 1 aliphatic rings. The molecule has 1 aromatic heterocycles. The number of nitrogens with one attached hydrogen (secondary N) is 1. The largest absolute Gasteiger partial charge is 0.490 e. The molecule has 0 saturated carbocycles. The molecule has 2 aromatic carbocycles. The Kier molecular flexibility index (Phi) is 7.36. The fourth-order valence-corrected chi connectivity index (χ4v) is 4.15. The summed E-state index contributed by atoms with van der Waals surface area (Å²) in [5.41, 5.74) is 4.90. The number of pyridine rings is 1. The lowest BCUT2D eigenvalue weighted by atomic mass is 10.0. The number of rotatable bonds is 9. The zero-order valence-corrected chi connectivity index (χ0v) is 18.9. The van der Waals surface area contributed by atoms with Crippen LogP contribution in [0.2, 0.25) is 0 Å². The SMILES string of the molecule is CC(=NOCCOc1ccc(CC2SC(=O)NC2=O)cc1)c1ccc(-c2cccnc2)cc1. The maximum atomic E-state index is 11.7. The van der Waals surface area contributed by atoms with Crippen molar-refractivity contribution in [2.24, 2.45) is 5.16 Å². The minimum Gasteiger partial charge on any atom is -0.490 e. The molecule has 1 unspecified atom stereocenters. The van der Waals surface area contributed by atoms with E-state index in [-0.39, 0.29) is 16.4 Å². The Morgan fingerprint density at radius 1 is 1.03 bits per heavy atom. The number of imide groups is 1. The maximum absolute atomic E-state index is 11.7. The molecule has 0 bridgehead atoms. The highest BCUT2D eigenvalue weighted by Gasteiger charge is 2.31. The molecule has 0 aliphatic carbocycles. The molecule has 0 radical (unpaired) electrons. The summed E-state index contributed by atoms with van der Waals surface area (Å²) in [5, 5.41) is 5.81. The molecular formula is C25H23N3O4S. The number of benzene rings is 2. The van der Waals surface area contributed by atoms with Crippen LogP contribution in [0.15, 0.2) is 78.2 Å². The van der Waals surface area contributed by atoms with Gasteiger partial charge in [-0.1, -0.05) is 59.4 Å². The van der Waals surface area contributed by atoms with E-state index in [0.29, 0.717) is 25.4 Å². The van der Waals surface area contributed by atoms with E-state index in [4.69, 9.17) is 9.57 Å². The van der Waals surface area contributed by atoms with E-state index in [9.17, 15) is 9.59 Å². The number of carbonyl (C=O) groups excluding carboxylic acids is 2. The number of nitrogens with zero attached hydrogens (tertiary/aromatic N) is 2. The summed E-state index contributed by atoms with van der Waals surface area (Å²) in [4.78, 5) is 32.5. The molecule has 1 atom stereocenters. The van der Waals surface area contributed by atoms with E-state index in [2.05, 4.69) is 15.5 Å². The molecule has 1 saturated heterocycles. The van der Waals surface area contributed by atoms with Gasteiger partial charge in [-0.15, -0.1) is 0 Å². The topological polar surface area (TPSA) is 89.9 Å². The van der Waals surface area contributed by atoms with Gasteiger partial charge in [0.25, 0.3) is 5.24 Å². The van der Waals surface area contributed by atoms with Gasteiger partial charge in [-0.2, -0.15) is 0 Å². The van der Waals surface area contributed by atoms with Gasteiger partial charge in [0.2, 0.25) is 5.91 Å². The first-order chi connectivity index (χ1) is 16.1. The Balaban J connectivity index is 1.20. The van der Waals surface area contributed by atoms with Crippen molar-refractivity contribution in [3.63, 3.8) is 0 Å². The molecule has 1 N–H and O–H groups in total. The normalized spacial score (nSPS) is 15.9. The molecule has 8 heteroatoms. The molecule has 7 nitrogen and oxygen atoms in total. The summed E-state index contributed by atoms with van der Waals surface area (Å²) in [7, 11) is 0. The molecule has 168 valence electrons. The van der Waals surface area contributed by atoms with E-state index in [0.717, 1.165) is 39.7 Å². The molecule has 1 fully saturated rings. The lowest BCUT2D eigenvalue weighted by Gasteiger charge is -2.08. The Labute approximate surface area is 196 Å². The van der Waals surface area contributed by atoms with Crippen LogP contribution >= 0.6 is 11.8 Å². The predicted octanol–water partition coefficient (Wildman–Crippen LogP) is 4.46. The summed E-state index contributed by atoms with van der Waals surface area (Å²) in [6.07, 6.45) is 4.09. The molecule has 3 aromatic rings. The van der Waals surface area contributed by atoms with E-state index < -0.39 is 0 Å². The van der Waals surface area contributed by atoms with Crippen LogP contribution in [0, 0.1) is 0 Å². The van der Waals surface area contributed by atoms with E-state index in [1.807, 2.05) is 73.8 Å². The maximum Gasteiger partial charge on any atom is 0.286 e. The molecule has 2 heterocycles. The van der Waals surface area contributed by atoms with Crippen LogP contribution in [0.4, 0.5) is 4.79 Å². The van der Waals surface area contributed by atoms with Crippen LogP contribution in [-0.4, -0.2) is 40.3 Å². The van der Waals surface area contributed by atoms with Crippen molar-refractivity contribution in [3.8, 4) is 16.9 Å². The number of thioether (sulfide) groups is 1. The molecule has 1 aliphatic heterocycles. The fourth-order valence-electron chi connectivity index (χ4n) is 3.29. The minimum absolute atomic E-state index is 0.234. The zero-order valence-electron chi connectivity index (χ0n) is 18.1. The first-order valence-corrected chi connectivity index (χ1v) is 11.4. The van der Waals surface area contributed by atoms with Crippen molar-refractivity contribution in [1.29, 1.82) is 0 Å². The lowest BCUT2D eigenvalue weighted by Crippen LogP contribution is -2.25. The third kappa shape index (κ3) is 6.20. The Morgan fingerprint density at radius 3 is 2.48 bits per heavy atom. The summed E-state index contributed by atoms with van der Waals surface area (Å²) in [6, 6.07) is 19.5. The van der Waals surface area contributed by atoms with Crippen molar-refractivity contribution in [1.82, 2.24) is 10.3 Å². The van der Waals surface area contributed by atoms with Crippen molar-refractivity contribution in [2.75, 3.05) is 13.2 Å². The number of amides is 2. The molecular weight excluding hydrogens is 438 g/mol. The molecule has 0 spiro atoms. The van der Waals surface area contributed by atoms with Crippen LogP contribution in [0.5, 0.6) is 5.75 Å². The number of carbonyl (C=O) groups is 2. The van der Waals surface area contributed by atoms with Crippen LogP contribution in [-0.2, 0) is 16.1 Å². The second-order valence-corrected chi connectivity index (χ2v) is 8.58. The molecule has 2 amide bonds. The highest BCUT2D eigenvalue weighted by atomic mass is 32.2. The van der Waals surface area contributed by atoms with Crippen molar-refractivity contribution >= 4 is 28.6 Å². The van der Waals surface area contributed by atoms with Crippen LogP contribution in [0.3, 0.4) is 0 Å². The number of ether oxygens (including phenoxy) is 1. The standard InChI is InChI=1S/C25H23N3O4S/c1-17(19-6-8-20(9-7-19)21-3-2-12-26-16-21)28-32-14-13-31-22-10-4-18(5-11-22)15-23-24(29)27-25(30)33-23/h2-12,16,23H,13-15H2,1H3,(H,27,29,30). The predicted molar refractivity (Wildman–Crippen MR) is 128 cm³/mol. The highest BCUT2D eigenvalue weighted by molar-refractivity contribution is 8.15. The minimum atomic E-state index is -0.370. The summed E-state index contributed by atoms with van der Waals surface area (Å²) in [6.45, 7) is 2.56. The fraction of sp³-hybridized carbons (Fsp3) is 0.200. The third-order valence-corrected chi connectivity index (χ3v) is 6.04. The van der Waals surface area contributed by atoms with Crippen LogP contribution in [0.1, 0.15) is 18.1 Å². The van der Waals surface area contributed by atoms with E-state index >= 15 is 0 Å². The highest BCUT2D eigenvalue weighted by Crippen LogP contribution is 2.24. The van der Waals surface area contributed by atoms with Gasteiger partial charge < -0.3 is 9.57 Å². The number of aromatic nitrogens is 1. The lowest BCUT2D eigenvalue weighted by molar-refractivity contribution is -0.118. The van der Waals surface area contributed by atoms with Crippen molar-refractivity contribution < 1.29 is 19.2 Å². The van der Waals surface area contributed by atoms with Gasteiger partial charge in [0, 0.05) is 12.4 Å². The molecule has 33 heavy (non-hydrogen) atoms. The Morgan fingerprint density at radius 2 is 1.82 bits per heavy atom. The van der Waals surface area contributed by atoms with Crippen molar-refractivity contribution in [3.05, 3.63) is 84.2 Å². The van der Waals surface area contributed by atoms with Gasteiger partial charge in [0.1, 0.15) is 12.4 Å². The quantitative estimate of drug-likeness (QED) is 0.287. The van der Waals surface area contributed by atoms with Gasteiger partial charge >= 0.3 is 0 Å². The van der Waals surface area contributed by atoms with Crippen LogP contribution < -0.4 is 10.1 Å². The Hall–Kier alpha value is -3.65. The second kappa shape index (κ2) is 10.8. The average molecular weight is 462 g/mol. The monoisotopic (exact) mass is 461 g/mol. The summed E-state index contributed by atoms with van der Waals surface area (Å²) < 4.78 is 5.68. The number of hydrogen-bond donors (Lipinski definition) is 1. The van der Waals surface area contributed by atoms with Gasteiger partial charge in [0.05, 0.1) is 11.0 Å². The summed E-state index contributed by atoms with van der Waals surface area (Å²) in [5.74, 6) is 0.469. The molecule has 4 rings (SSSR count). The number of oxime groups is 1. The first kappa shape index (κ1) is 22.5. The number of hydrogen-bond acceptors (Lipinski definition) is 7. The average Bonchev–Trinajstić information content (AvgIpc) is 3.16. The second-order valence-electron chi connectivity index (χ2n) is 7.41. The van der Waals surface area contributed by atoms with E-state index in [1.165, 1.54) is 0 Å². The zero-order chi connectivity index (χ0) is 23.0. The first-order valence-electron chi connectivity index (χ1n) is 10.5.